The van der Waals surface area contributed by atoms with Crippen molar-refractivity contribution < 1.29 is 14.3 Å². The number of nitrogens with one attached hydrogen (secondary N) is 1. The highest BCUT2D eigenvalue weighted by Gasteiger charge is 2.16. The Balaban J connectivity index is 0.00000264. The molecule has 2 rings (SSSR count). The number of rotatable bonds is 6. The van der Waals surface area contributed by atoms with Crippen LogP contribution in [-0.2, 0) is 11.2 Å². The van der Waals surface area contributed by atoms with Crippen molar-refractivity contribution in [1.82, 2.24) is 10.2 Å². The molecular formula is C17H25ClN2O3. The summed E-state index contributed by atoms with van der Waals surface area (Å²) >= 11 is 0. The molecule has 1 N–H and O–H groups in total. The summed E-state index contributed by atoms with van der Waals surface area (Å²) in [6.45, 7) is 7.08. The fourth-order valence-electron chi connectivity index (χ4n) is 2.45. The van der Waals surface area contributed by atoms with E-state index >= 15 is 0 Å². The minimum Gasteiger partial charge on any atom is -0.493 e. The molecule has 1 aromatic carbocycles. The van der Waals surface area contributed by atoms with Crippen LogP contribution in [0.4, 0.5) is 0 Å². The lowest BCUT2D eigenvalue weighted by Gasteiger charge is -2.20. The van der Waals surface area contributed by atoms with Crippen LogP contribution in [0, 0.1) is 0 Å². The number of amides is 1. The van der Waals surface area contributed by atoms with Crippen LogP contribution in [0.5, 0.6) is 11.5 Å². The predicted octanol–water partition coefficient (Wildman–Crippen LogP) is 2.05. The van der Waals surface area contributed by atoms with Gasteiger partial charge in [0.1, 0.15) is 0 Å². The Morgan fingerprint density at radius 2 is 2.17 bits per heavy atom. The summed E-state index contributed by atoms with van der Waals surface area (Å²) in [6, 6.07) is 5.71. The highest BCUT2D eigenvalue weighted by Crippen LogP contribution is 2.28. The van der Waals surface area contributed by atoms with Gasteiger partial charge in [0.15, 0.2) is 18.1 Å². The zero-order valence-corrected chi connectivity index (χ0v) is 14.4. The Morgan fingerprint density at radius 3 is 2.91 bits per heavy atom. The molecule has 23 heavy (non-hydrogen) atoms. The van der Waals surface area contributed by atoms with E-state index in [2.05, 4.69) is 11.9 Å². The van der Waals surface area contributed by atoms with Crippen LogP contribution in [0.15, 0.2) is 30.9 Å². The van der Waals surface area contributed by atoms with E-state index in [0.717, 1.165) is 44.6 Å². The Kier molecular flexibility index (Phi) is 8.51. The quantitative estimate of drug-likeness (QED) is 0.805. The normalized spacial score (nSPS) is 14.4. The van der Waals surface area contributed by atoms with E-state index in [4.69, 9.17) is 9.47 Å². The molecule has 0 radical (unpaired) electrons. The number of benzene rings is 1. The molecule has 6 heteroatoms. The zero-order chi connectivity index (χ0) is 15.8. The summed E-state index contributed by atoms with van der Waals surface area (Å²) in [5, 5.41) is 3.28. The molecule has 0 unspecified atom stereocenters. The summed E-state index contributed by atoms with van der Waals surface area (Å²) in [6.07, 6.45) is 3.59. The lowest BCUT2D eigenvalue weighted by Crippen LogP contribution is -2.37. The Hall–Kier alpha value is -1.72. The third-order valence-corrected chi connectivity index (χ3v) is 3.65. The van der Waals surface area contributed by atoms with Crippen molar-refractivity contribution in [2.45, 2.75) is 12.8 Å². The van der Waals surface area contributed by atoms with Gasteiger partial charge in [-0.25, -0.2) is 0 Å². The first-order valence-corrected chi connectivity index (χ1v) is 7.63. The van der Waals surface area contributed by atoms with Gasteiger partial charge in [-0.1, -0.05) is 12.1 Å². The van der Waals surface area contributed by atoms with Crippen molar-refractivity contribution in [2.24, 2.45) is 0 Å². The first kappa shape index (κ1) is 19.3. The molecule has 0 spiro atoms. The second-order valence-electron chi connectivity index (χ2n) is 5.25. The van der Waals surface area contributed by atoms with E-state index < -0.39 is 0 Å². The number of nitrogens with zero attached hydrogens (tertiary/aromatic N) is 1. The number of carbonyl (C=O) groups excluding carboxylic acids is 1. The maximum absolute atomic E-state index is 12.2. The largest absolute Gasteiger partial charge is 0.493 e. The number of hydrogen-bond donors (Lipinski definition) is 1. The van der Waals surface area contributed by atoms with Gasteiger partial charge in [-0.15, -0.1) is 19.0 Å². The summed E-state index contributed by atoms with van der Waals surface area (Å²) in [5.74, 6) is 1.25. The van der Waals surface area contributed by atoms with Crippen molar-refractivity contribution in [3.8, 4) is 11.5 Å². The maximum atomic E-state index is 12.2. The van der Waals surface area contributed by atoms with E-state index in [-0.39, 0.29) is 24.9 Å². The molecule has 1 aliphatic heterocycles. The molecule has 1 aliphatic rings. The van der Waals surface area contributed by atoms with Gasteiger partial charge >= 0.3 is 0 Å². The molecule has 5 nitrogen and oxygen atoms in total. The molecule has 0 bridgehead atoms. The summed E-state index contributed by atoms with van der Waals surface area (Å²) in [4.78, 5) is 14.1. The van der Waals surface area contributed by atoms with Gasteiger partial charge in [0, 0.05) is 19.6 Å². The Morgan fingerprint density at radius 1 is 1.35 bits per heavy atom. The van der Waals surface area contributed by atoms with Crippen molar-refractivity contribution in [2.75, 3.05) is 39.9 Å². The van der Waals surface area contributed by atoms with Crippen LogP contribution in [0.1, 0.15) is 12.0 Å². The molecule has 0 saturated carbocycles. The molecule has 0 aromatic heterocycles. The molecule has 0 atom stereocenters. The first-order chi connectivity index (χ1) is 10.7. The monoisotopic (exact) mass is 340 g/mol. The van der Waals surface area contributed by atoms with E-state index in [0.29, 0.717) is 11.5 Å². The highest BCUT2D eigenvalue weighted by molar-refractivity contribution is 5.85. The van der Waals surface area contributed by atoms with E-state index in [1.807, 2.05) is 29.2 Å². The average Bonchev–Trinajstić information content (AvgIpc) is 2.82. The fourth-order valence-corrected chi connectivity index (χ4v) is 2.45. The van der Waals surface area contributed by atoms with Gasteiger partial charge in [-0.2, -0.15) is 0 Å². The number of methoxy groups -OCH3 is 1. The van der Waals surface area contributed by atoms with Gasteiger partial charge in [0.05, 0.1) is 7.11 Å². The van der Waals surface area contributed by atoms with Crippen LogP contribution in [-0.4, -0.2) is 50.7 Å². The molecule has 1 heterocycles. The zero-order valence-electron chi connectivity index (χ0n) is 13.5. The van der Waals surface area contributed by atoms with Crippen LogP contribution >= 0.6 is 12.4 Å². The lowest BCUT2D eigenvalue weighted by atomic mass is 10.1. The third kappa shape index (κ3) is 5.77. The van der Waals surface area contributed by atoms with E-state index in [1.54, 1.807) is 7.11 Å². The Labute approximate surface area is 144 Å². The van der Waals surface area contributed by atoms with E-state index in [1.165, 1.54) is 0 Å². The average molecular weight is 341 g/mol. The molecular weight excluding hydrogens is 316 g/mol. The lowest BCUT2D eigenvalue weighted by molar-refractivity contribution is -0.133. The van der Waals surface area contributed by atoms with Gasteiger partial charge in [0.25, 0.3) is 5.91 Å². The van der Waals surface area contributed by atoms with Crippen LogP contribution < -0.4 is 14.8 Å². The van der Waals surface area contributed by atoms with Crippen molar-refractivity contribution in [3.63, 3.8) is 0 Å². The van der Waals surface area contributed by atoms with Crippen LogP contribution in [0.2, 0.25) is 0 Å². The molecule has 0 aliphatic carbocycles. The number of allylic oxidation sites excluding steroid dienone is 1. The molecule has 1 saturated heterocycles. The second kappa shape index (κ2) is 10.1. The van der Waals surface area contributed by atoms with Crippen LogP contribution in [0.25, 0.3) is 0 Å². The number of ether oxygens (including phenoxy) is 2. The standard InChI is InChI=1S/C17H24N2O3.ClH/c1-3-5-14-6-7-15(16(12-14)21-2)22-13-17(20)19-10-4-8-18-9-11-19;/h3,6-7,12,18H,1,4-5,8-11,13H2,2H3;1H. The second-order valence-corrected chi connectivity index (χ2v) is 5.25. The van der Waals surface area contributed by atoms with Crippen molar-refractivity contribution in [1.29, 1.82) is 0 Å². The topological polar surface area (TPSA) is 50.8 Å². The SMILES string of the molecule is C=CCc1ccc(OCC(=O)N2CCCNCC2)c(OC)c1.Cl. The Bertz CT molecular complexity index is 515. The van der Waals surface area contributed by atoms with Crippen molar-refractivity contribution in [3.05, 3.63) is 36.4 Å². The highest BCUT2D eigenvalue weighted by atomic mass is 35.5. The molecule has 1 fully saturated rings. The third-order valence-electron chi connectivity index (χ3n) is 3.65. The predicted molar refractivity (Wildman–Crippen MR) is 93.7 cm³/mol. The fraction of sp³-hybridized carbons (Fsp3) is 0.471. The minimum atomic E-state index is 0. The van der Waals surface area contributed by atoms with Gasteiger partial charge in [-0.3, -0.25) is 4.79 Å². The van der Waals surface area contributed by atoms with Crippen molar-refractivity contribution >= 4 is 18.3 Å². The summed E-state index contributed by atoms with van der Waals surface area (Å²) < 4.78 is 11.0. The number of carbonyl (C=O) groups is 1. The van der Waals surface area contributed by atoms with Gasteiger partial charge in [0.2, 0.25) is 0 Å². The van der Waals surface area contributed by atoms with E-state index in [9.17, 15) is 4.79 Å². The first-order valence-electron chi connectivity index (χ1n) is 7.63. The summed E-state index contributed by atoms with van der Waals surface area (Å²) in [5.41, 5.74) is 1.10. The maximum Gasteiger partial charge on any atom is 0.260 e. The number of hydrogen-bond acceptors (Lipinski definition) is 4. The minimum absolute atomic E-state index is 0. The van der Waals surface area contributed by atoms with Gasteiger partial charge in [-0.05, 0) is 37.1 Å². The van der Waals surface area contributed by atoms with Crippen LogP contribution in [0.3, 0.4) is 0 Å². The number of halogens is 1. The summed E-state index contributed by atoms with van der Waals surface area (Å²) in [7, 11) is 1.60. The molecule has 1 aromatic rings. The molecule has 1 amide bonds. The molecule has 128 valence electrons. The smallest absolute Gasteiger partial charge is 0.260 e. The van der Waals surface area contributed by atoms with Gasteiger partial charge < -0.3 is 19.7 Å².